The summed E-state index contributed by atoms with van der Waals surface area (Å²) in [6, 6.07) is 3.19. The predicted molar refractivity (Wildman–Crippen MR) is 49.6 cm³/mol. The predicted octanol–water partition coefficient (Wildman–Crippen LogP) is 3.34. The normalized spacial score (nSPS) is 19.0. The fourth-order valence-electron chi connectivity index (χ4n) is 1.43. The molecule has 0 saturated heterocycles. The molecule has 15 heavy (non-hydrogen) atoms. The lowest BCUT2D eigenvalue weighted by atomic mass is 10.0. The summed E-state index contributed by atoms with van der Waals surface area (Å²) < 4.78 is 37.2. The van der Waals surface area contributed by atoms with Crippen molar-refractivity contribution in [2.75, 3.05) is 0 Å². The van der Waals surface area contributed by atoms with Crippen LogP contribution < -0.4 is 0 Å². The van der Waals surface area contributed by atoms with Crippen LogP contribution in [0.1, 0.15) is 24.0 Å². The Bertz CT molecular complexity index is 373. The molecular weight excluding hydrogens is 229 g/mol. The number of aliphatic hydroxyl groups is 1. The van der Waals surface area contributed by atoms with Gasteiger partial charge in [0, 0.05) is 5.02 Å². The van der Waals surface area contributed by atoms with Crippen molar-refractivity contribution in [3.05, 3.63) is 34.3 Å². The van der Waals surface area contributed by atoms with Crippen LogP contribution in [0.15, 0.2) is 18.2 Å². The Labute approximate surface area is 89.5 Å². The van der Waals surface area contributed by atoms with Gasteiger partial charge in [0.2, 0.25) is 0 Å². The number of hydrogen-bond donors (Lipinski definition) is 1. The second-order valence-electron chi connectivity index (χ2n) is 3.76. The maximum atomic E-state index is 12.4. The second-order valence-corrected chi connectivity index (χ2v) is 4.19. The molecule has 5 heteroatoms. The highest BCUT2D eigenvalue weighted by atomic mass is 35.5. The minimum Gasteiger partial charge on any atom is -0.385 e. The van der Waals surface area contributed by atoms with E-state index >= 15 is 0 Å². The number of halogens is 4. The third kappa shape index (κ3) is 2.11. The molecule has 1 aliphatic carbocycles. The molecule has 0 atom stereocenters. The molecule has 0 spiro atoms. The van der Waals surface area contributed by atoms with Gasteiger partial charge in [-0.2, -0.15) is 13.2 Å². The summed E-state index contributed by atoms with van der Waals surface area (Å²) in [5.41, 5.74) is -1.65. The van der Waals surface area contributed by atoms with Crippen molar-refractivity contribution in [3.8, 4) is 0 Å². The fourth-order valence-corrected chi connectivity index (χ4v) is 1.66. The van der Waals surface area contributed by atoms with Gasteiger partial charge in [0.15, 0.2) is 0 Å². The lowest BCUT2D eigenvalue weighted by molar-refractivity contribution is -0.137. The summed E-state index contributed by atoms with van der Waals surface area (Å²) in [4.78, 5) is 0. The fraction of sp³-hybridized carbons (Fsp3) is 0.400. The second kappa shape index (κ2) is 3.12. The van der Waals surface area contributed by atoms with Gasteiger partial charge in [-0.15, -0.1) is 0 Å². The molecule has 1 aliphatic rings. The van der Waals surface area contributed by atoms with Crippen LogP contribution in [0.2, 0.25) is 5.02 Å². The van der Waals surface area contributed by atoms with Gasteiger partial charge in [-0.1, -0.05) is 11.6 Å². The summed E-state index contributed by atoms with van der Waals surface area (Å²) in [5, 5.41) is 9.69. The van der Waals surface area contributed by atoms with Crippen molar-refractivity contribution >= 4 is 11.6 Å². The van der Waals surface area contributed by atoms with E-state index < -0.39 is 17.3 Å². The van der Waals surface area contributed by atoms with Crippen LogP contribution in [0.5, 0.6) is 0 Å². The van der Waals surface area contributed by atoms with Gasteiger partial charge in [0.05, 0.1) is 11.2 Å². The SMILES string of the molecule is OC1(c2cc(Cl)cc(C(F)(F)F)c2)CC1. The molecule has 0 aliphatic heterocycles. The van der Waals surface area contributed by atoms with E-state index in [-0.39, 0.29) is 10.6 Å². The van der Waals surface area contributed by atoms with Crippen molar-refractivity contribution < 1.29 is 18.3 Å². The van der Waals surface area contributed by atoms with Crippen molar-refractivity contribution in [3.63, 3.8) is 0 Å². The molecule has 2 rings (SSSR count). The summed E-state index contributed by atoms with van der Waals surface area (Å²) in [6.45, 7) is 0. The molecule has 0 radical (unpaired) electrons. The van der Waals surface area contributed by atoms with Crippen molar-refractivity contribution in [2.24, 2.45) is 0 Å². The van der Waals surface area contributed by atoms with Gasteiger partial charge in [0.1, 0.15) is 0 Å². The Balaban J connectivity index is 2.46. The largest absolute Gasteiger partial charge is 0.416 e. The number of rotatable bonds is 1. The van der Waals surface area contributed by atoms with E-state index in [2.05, 4.69) is 0 Å². The maximum Gasteiger partial charge on any atom is 0.416 e. The molecule has 0 heterocycles. The Morgan fingerprint density at radius 1 is 1.20 bits per heavy atom. The molecule has 1 nitrogen and oxygen atoms in total. The van der Waals surface area contributed by atoms with Crippen LogP contribution in [-0.2, 0) is 11.8 Å². The van der Waals surface area contributed by atoms with Crippen molar-refractivity contribution in [1.29, 1.82) is 0 Å². The van der Waals surface area contributed by atoms with E-state index in [1.165, 1.54) is 6.07 Å². The summed E-state index contributed by atoms with van der Waals surface area (Å²) in [5.74, 6) is 0. The number of alkyl halides is 3. The smallest absolute Gasteiger partial charge is 0.385 e. The third-order valence-corrected chi connectivity index (χ3v) is 2.70. The molecule has 0 aromatic heterocycles. The third-order valence-electron chi connectivity index (χ3n) is 2.49. The highest BCUT2D eigenvalue weighted by Gasteiger charge is 2.43. The summed E-state index contributed by atoms with van der Waals surface area (Å²) in [7, 11) is 0. The van der Waals surface area contributed by atoms with Crippen LogP contribution in [0.4, 0.5) is 13.2 Å². The van der Waals surface area contributed by atoms with Gasteiger partial charge in [-0.3, -0.25) is 0 Å². The Hall–Kier alpha value is -0.740. The van der Waals surface area contributed by atoms with Gasteiger partial charge in [-0.25, -0.2) is 0 Å². The van der Waals surface area contributed by atoms with Crippen LogP contribution in [-0.4, -0.2) is 5.11 Å². The standard InChI is InChI=1S/C10H8ClF3O/c11-8-4-6(9(15)1-2-9)3-7(5-8)10(12,13)14/h3-5,15H,1-2H2. The Kier molecular flexibility index (Phi) is 2.24. The maximum absolute atomic E-state index is 12.4. The molecule has 1 fully saturated rings. The van der Waals surface area contributed by atoms with Crippen LogP contribution >= 0.6 is 11.6 Å². The molecule has 0 unspecified atom stereocenters. The molecule has 1 saturated carbocycles. The first kappa shape index (κ1) is 10.8. The van der Waals surface area contributed by atoms with Gasteiger partial charge in [-0.05, 0) is 36.6 Å². The molecule has 1 N–H and O–H groups in total. The van der Waals surface area contributed by atoms with Gasteiger partial charge in [0.25, 0.3) is 0 Å². The zero-order valence-corrected chi connectivity index (χ0v) is 8.36. The van der Waals surface area contributed by atoms with E-state index in [4.69, 9.17) is 11.6 Å². The molecule has 0 bridgehead atoms. The van der Waals surface area contributed by atoms with E-state index in [0.29, 0.717) is 12.8 Å². The molecule has 1 aromatic carbocycles. The summed E-state index contributed by atoms with van der Waals surface area (Å²) >= 11 is 5.58. The summed E-state index contributed by atoms with van der Waals surface area (Å²) in [6.07, 6.45) is -3.44. The first-order valence-electron chi connectivity index (χ1n) is 4.42. The quantitative estimate of drug-likeness (QED) is 0.793. The molecular formula is C10H8ClF3O. The highest BCUT2D eigenvalue weighted by molar-refractivity contribution is 6.30. The van der Waals surface area contributed by atoms with Gasteiger partial charge < -0.3 is 5.11 Å². The van der Waals surface area contributed by atoms with Crippen LogP contribution in [0, 0.1) is 0 Å². The average molecular weight is 237 g/mol. The van der Waals surface area contributed by atoms with Crippen LogP contribution in [0.25, 0.3) is 0 Å². The van der Waals surface area contributed by atoms with E-state index in [1.54, 1.807) is 0 Å². The lowest BCUT2D eigenvalue weighted by Gasteiger charge is -2.13. The lowest BCUT2D eigenvalue weighted by Crippen LogP contribution is -2.10. The van der Waals surface area contributed by atoms with Gasteiger partial charge >= 0.3 is 6.18 Å². The Morgan fingerprint density at radius 3 is 2.27 bits per heavy atom. The van der Waals surface area contributed by atoms with E-state index in [1.807, 2.05) is 0 Å². The molecule has 1 aromatic rings. The monoisotopic (exact) mass is 236 g/mol. The zero-order valence-electron chi connectivity index (χ0n) is 7.61. The minimum atomic E-state index is -4.43. The zero-order chi connectivity index (χ0) is 11.3. The van der Waals surface area contributed by atoms with E-state index in [0.717, 1.165) is 12.1 Å². The Morgan fingerprint density at radius 2 is 1.80 bits per heavy atom. The molecule has 82 valence electrons. The van der Waals surface area contributed by atoms with Crippen LogP contribution in [0.3, 0.4) is 0 Å². The topological polar surface area (TPSA) is 20.2 Å². The number of benzene rings is 1. The average Bonchev–Trinajstić information content (AvgIpc) is 2.82. The van der Waals surface area contributed by atoms with E-state index in [9.17, 15) is 18.3 Å². The highest BCUT2D eigenvalue weighted by Crippen LogP contribution is 2.47. The van der Waals surface area contributed by atoms with Crippen molar-refractivity contribution in [1.82, 2.24) is 0 Å². The van der Waals surface area contributed by atoms with Crippen molar-refractivity contribution in [2.45, 2.75) is 24.6 Å². The molecule has 0 amide bonds. The number of hydrogen-bond acceptors (Lipinski definition) is 1. The first-order valence-corrected chi connectivity index (χ1v) is 4.80. The first-order chi connectivity index (χ1) is 6.81. The minimum absolute atomic E-state index is 0.000139.